The van der Waals surface area contributed by atoms with Crippen molar-refractivity contribution in [3.8, 4) is 0 Å². The molecule has 2 amide bonds. The lowest BCUT2D eigenvalue weighted by molar-refractivity contribution is -0.119. The van der Waals surface area contributed by atoms with Crippen molar-refractivity contribution in [2.24, 2.45) is 5.92 Å². The first-order chi connectivity index (χ1) is 8.37. The summed E-state index contributed by atoms with van der Waals surface area (Å²) >= 11 is 0. The number of likely N-dealkylation sites (tertiary alicyclic amines) is 1. The van der Waals surface area contributed by atoms with Gasteiger partial charge >= 0.3 is 6.09 Å². The molecule has 2 aliphatic heterocycles. The lowest BCUT2D eigenvalue weighted by Crippen LogP contribution is -2.43. The van der Waals surface area contributed by atoms with E-state index in [9.17, 15) is 9.59 Å². The minimum Gasteiger partial charge on any atom is -0.444 e. The maximum atomic E-state index is 12.1. The fraction of sp³-hybridized carbons (Fsp3) is 0.846. The number of carbonyl (C=O) groups is 2. The molecule has 2 aliphatic rings. The Bertz CT molecular complexity index is 349. The molecule has 0 radical (unpaired) electrons. The highest BCUT2D eigenvalue weighted by atomic mass is 16.6. The quantitative estimate of drug-likeness (QED) is 0.772. The lowest BCUT2D eigenvalue weighted by Gasteiger charge is -2.31. The molecule has 5 nitrogen and oxygen atoms in total. The first kappa shape index (κ1) is 13.2. The Morgan fingerprint density at radius 3 is 2.72 bits per heavy atom. The van der Waals surface area contributed by atoms with E-state index in [4.69, 9.17) is 4.74 Å². The highest BCUT2D eigenvalue weighted by Crippen LogP contribution is 2.29. The Morgan fingerprint density at radius 2 is 2.17 bits per heavy atom. The van der Waals surface area contributed by atoms with Crippen molar-refractivity contribution < 1.29 is 14.3 Å². The topological polar surface area (TPSA) is 58.6 Å². The van der Waals surface area contributed by atoms with E-state index in [-0.39, 0.29) is 24.0 Å². The molecule has 0 bridgehead atoms. The van der Waals surface area contributed by atoms with Gasteiger partial charge < -0.3 is 15.0 Å². The molecule has 5 heteroatoms. The highest BCUT2D eigenvalue weighted by Gasteiger charge is 2.39. The maximum Gasteiger partial charge on any atom is 0.410 e. The highest BCUT2D eigenvalue weighted by molar-refractivity contribution is 5.78. The summed E-state index contributed by atoms with van der Waals surface area (Å²) in [5, 5.41) is 2.84. The summed E-state index contributed by atoms with van der Waals surface area (Å²) < 4.78 is 5.42. The summed E-state index contributed by atoms with van der Waals surface area (Å²) in [5.41, 5.74) is -0.464. The van der Waals surface area contributed by atoms with Crippen LogP contribution in [0.3, 0.4) is 0 Å². The number of carbonyl (C=O) groups excluding carboxylic acids is 2. The minimum atomic E-state index is -0.464. The van der Waals surface area contributed by atoms with Crippen LogP contribution in [0.15, 0.2) is 0 Å². The zero-order valence-electron chi connectivity index (χ0n) is 11.4. The normalized spacial score (nSPS) is 28.4. The number of rotatable bonds is 1. The predicted molar refractivity (Wildman–Crippen MR) is 67.1 cm³/mol. The Balaban J connectivity index is 1.99. The van der Waals surface area contributed by atoms with Gasteiger partial charge in [0.2, 0.25) is 5.91 Å². The number of hydrogen-bond acceptors (Lipinski definition) is 3. The van der Waals surface area contributed by atoms with Crippen LogP contribution >= 0.6 is 0 Å². The first-order valence-electron chi connectivity index (χ1n) is 6.63. The van der Waals surface area contributed by atoms with Crippen molar-refractivity contribution in [3.63, 3.8) is 0 Å². The molecule has 2 fully saturated rings. The zero-order valence-corrected chi connectivity index (χ0v) is 11.4. The fourth-order valence-electron chi connectivity index (χ4n) is 2.73. The molecular formula is C13H22N2O3. The maximum absolute atomic E-state index is 12.1. The van der Waals surface area contributed by atoms with Crippen LogP contribution in [0.1, 0.15) is 40.0 Å². The van der Waals surface area contributed by atoms with E-state index in [1.54, 1.807) is 4.90 Å². The van der Waals surface area contributed by atoms with Gasteiger partial charge in [-0.3, -0.25) is 4.79 Å². The van der Waals surface area contributed by atoms with Gasteiger partial charge in [0.05, 0.1) is 0 Å². The molecule has 18 heavy (non-hydrogen) atoms. The largest absolute Gasteiger partial charge is 0.444 e. The van der Waals surface area contributed by atoms with Gasteiger partial charge in [-0.1, -0.05) is 0 Å². The van der Waals surface area contributed by atoms with E-state index in [0.29, 0.717) is 13.0 Å². The van der Waals surface area contributed by atoms with Crippen LogP contribution in [-0.2, 0) is 9.53 Å². The first-order valence-corrected chi connectivity index (χ1v) is 6.63. The summed E-state index contributed by atoms with van der Waals surface area (Å²) in [6.07, 6.45) is 2.25. The van der Waals surface area contributed by atoms with Gasteiger partial charge in [0.1, 0.15) is 5.60 Å². The Hall–Kier alpha value is -1.26. The molecule has 2 rings (SSSR count). The van der Waals surface area contributed by atoms with Crippen LogP contribution < -0.4 is 5.32 Å². The average Bonchev–Trinajstić information content (AvgIpc) is 2.81. The molecule has 0 aromatic heterocycles. The number of amides is 2. The van der Waals surface area contributed by atoms with E-state index in [1.165, 1.54) is 0 Å². The monoisotopic (exact) mass is 254 g/mol. The second-order valence-electron chi connectivity index (χ2n) is 6.15. The van der Waals surface area contributed by atoms with E-state index >= 15 is 0 Å². The number of nitrogens with one attached hydrogen (secondary N) is 1. The van der Waals surface area contributed by atoms with E-state index in [2.05, 4.69) is 5.32 Å². The van der Waals surface area contributed by atoms with Crippen LogP contribution in [0.4, 0.5) is 4.79 Å². The second kappa shape index (κ2) is 4.78. The number of nitrogens with zero attached hydrogens (tertiary/aromatic N) is 1. The van der Waals surface area contributed by atoms with Crippen LogP contribution in [-0.4, -0.2) is 41.6 Å². The molecule has 2 heterocycles. The summed E-state index contributed by atoms with van der Waals surface area (Å²) in [4.78, 5) is 25.2. The standard InChI is InChI=1S/C13H22N2O3/c1-13(2,3)18-12(17)15-6-4-5-10(15)9-7-11(16)14-8-9/h9-10H,4-8H2,1-3H3,(H,14,16). The second-order valence-corrected chi connectivity index (χ2v) is 6.15. The molecule has 2 saturated heterocycles. The predicted octanol–water partition coefficient (Wildman–Crippen LogP) is 1.52. The third-order valence-electron chi connectivity index (χ3n) is 3.48. The summed E-state index contributed by atoms with van der Waals surface area (Å²) in [6, 6.07) is 0.152. The van der Waals surface area contributed by atoms with E-state index in [0.717, 1.165) is 19.4 Å². The van der Waals surface area contributed by atoms with Crippen LogP contribution in [0.25, 0.3) is 0 Å². The van der Waals surface area contributed by atoms with Crippen LogP contribution in [0.2, 0.25) is 0 Å². The van der Waals surface area contributed by atoms with Gasteiger partial charge in [0.25, 0.3) is 0 Å². The van der Waals surface area contributed by atoms with E-state index in [1.807, 2.05) is 20.8 Å². The zero-order chi connectivity index (χ0) is 13.3. The molecular weight excluding hydrogens is 232 g/mol. The van der Waals surface area contributed by atoms with Crippen molar-refractivity contribution in [1.82, 2.24) is 10.2 Å². The summed E-state index contributed by atoms with van der Waals surface area (Å²) in [7, 11) is 0. The number of ether oxygens (including phenoxy) is 1. The lowest BCUT2D eigenvalue weighted by atomic mass is 9.97. The Kier molecular flexibility index (Phi) is 3.50. The number of hydrogen-bond donors (Lipinski definition) is 1. The molecule has 0 aliphatic carbocycles. The SMILES string of the molecule is CC(C)(C)OC(=O)N1CCCC1C1CNC(=O)C1. The average molecular weight is 254 g/mol. The van der Waals surface area contributed by atoms with Crippen molar-refractivity contribution in [2.45, 2.75) is 51.7 Å². The fourth-order valence-corrected chi connectivity index (χ4v) is 2.73. The van der Waals surface area contributed by atoms with Gasteiger partial charge in [-0.05, 0) is 33.6 Å². The molecule has 2 atom stereocenters. The van der Waals surface area contributed by atoms with Crippen molar-refractivity contribution >= 4 is 12.0 Å². The molecule has 1 N–H and O–H groups in total. The van der Waals surface area contributed by atoms with Crippen molar-refractivity contribution in [2.75, 3.05) is 13.1 Å². The smallest absolute Gasteiger partial charge is 0.410 e. The van der Waals surface area contributed by atoms with Gasteiger partial charge in [0.15, 0.2) is 0 Å². The van der Waals surface area contributed by atoms with Crippen LogP contribution in [0, 0.1) is 5.92 Å². The minimum absolute atomic E-state index is 0.0936. The molecule has 0 aromatic carbocycles. The molecule has 0 aromatic rings. The molecule has 0 spiro atoms. The van der Waals surface area contributed by atoms with E-state index < -0.39 is 5.60 Å². The van der Waals surface area contributed by atoms with Gasteiger partial charge in [-0.15, -0.1) is 0 Å². The van der Waals surface area contributed by atoms with Gasteiger partial charge in [-0.25, -0.2) is 4.79 Å². The Morgan fingerprint density at radius 1 is 1.44 bits per heavy atom. The van der Waals surface area contributed by atoms with Crippen molar-refractivity contribution in [1.29, 1.82) is 0 Å². The molecule has 2 unspecified atom stereocenters. The van der Waals surface area contributed by atoms with Gasteiger partial charge in [-0.2, -0.15) is 0 Å². The molecule has 0 saturated carbocycles. The summed E-state index contributed by atoms with van der Waals surface area (Å²) in [6.45, 7) is 7.04. The summed E-state index contributed by atoms with van der Waals surface area (Å²) in [5.74, 6) is 0.337. The van der Waals surface area contributed by atoms with Crippen LogP contribution in [0.5, 0.6) is 0 Å². The third kappa shape index (κ3) is 2.94. The molecule has 102 valence electrons. The van der Waals surface area contributed by atoms with Crippen molar-refractivity contribution in [3.05, 3.63) is 0 Å². The Labute approximate surface area is 108 Å². The third-order valence-corrected chi connectivity index (χ3v) is 3.48. The van der Waals surface area contributed by atoms with Gasteiger partial charge in [0, 0.05) is 31.5 Å².